The van der Waals surface area contributed by atoms with E-state index in [4.69, 9.17) is 0 Å². The average Bonchev–Trinajstić information content (AvgIpc) is 2.40. The van der Waals surface area contributed by atoms with Crippen LogP contribution in [0.1, 0.15) is 31.0 Å². The van der Waals surface area contributed by atoms with Gasteiger partial charge in [0.15, 0.2) is 0 Å². The van der Waals surface area contributed by atoms with Crippen LogP contribution in [0.4, 0.5) is 0 Å². The predicted molar refractivity (Wildman–Crippen MR) is 76.5 cm³/mol. The summed E-state index contributed by atoms with van der Waals surface area (Å²) in [5.41, 5.74) is 5.12. The summed E-state index contributed by atoms with van der Waals surface area (Å²) in [4.78, 5) is 4.17. The Hall–Kier alpha value is -1.67. The second kappa shape index (κ2) is 5.78. The number of aromatic nitrogens is 1. The highest BCUT2D eigenvalue weighted by atomic mass is 14.9. The fourth-order valence-electron chi connectivity index (χ4n) is 2.31. The van der Waals surface area contributed by atoms with Crippen LogP contribution < -0.4 is 5.32 Å². The average molecular weight is 240 g/mol. The van der Waals surface area contributed by atoms with Gasteiger partial charge >= 0.3 is 0 Å². The van der Waals surface area contributed by atoms with Crippen LogP contribution in [-0.2, 0) is 0 Å². The number of nitrogens with one attached hydrogen (secondary N) is 1. The summed E-state index contributed by atoms with van der Waals surface area (Å²) in [5, 5.41) is 3.48. The van der Waals surface area contributed by atoms with Crippen molar-refractivity contribution >= 4 is 0 Å². The molecule has 0 bridgehead atoms. The van der Waals surface area contributed by atoms with Gasteiger partial charge in [-0.2, -0.15) is 0 Å². The molecule has 0 spiro atoms. The Morgan fingerprint density at radius 2 is 1.94 bits per heavy atom. The lowest BCUT2D eigenvalue weighted by Gasteiger charge is -2.18. The number of hydrogen-bond donors (Lipinski definition) is 1. The Bertz CT molecular complexity index is 520. The zero-order chi connectivity index (χ0) is 13.0. The quantitative estimate of drug-likeness (QED) is 0.881. The van der Waals surface area contributed by atoms with Crippen LogP contribution in [0.15, 0.2) is 42.7 Å². The molecule has 0 aliphatic carbocycles. The summed E-state index contributed by atoms with van der Waals surface area (Å²) in [6.45, 7) is 7.43. The van der Waals surface area contributed by atoms with Crippen molar-refractivity contribution < 1.29 is 0 Å². The first-order valence-electron chi connectivity index (χ1n) is 6.47. The Morgan fingerprint density at radius 3 is 2.67 bits per heavy atom. The van der Waals surface area contributed by atoms with Crippen LogP contribution >= 0.6 is 0 Å². The van der Waals surface area contributed by atoms with Crippen molar-refractivity contribution in [1.82, 2.24) is 10.3 Å². The molecule has 1 aromatic heterocycles. The first-order valence-corrected chi connectivity index (χ1v) is 6.47. The summed E-state index contributed by atoms with van der Waals surface area (Å²) in [6, 6.07) is 11.0. The molecule has 2 aromatic rings. The molecule has 0 aliphatic rings. The second-order valence-electron chi connectivity index (χ2n) is 4.56. The molecule has 0 radical (unpaired) electrons. The second-order valence-corrected chi connectivity index (χ2v) is 4.56. The van der Waals surface area contributed by atoms with E-state index in [1.807, 2.05) is 12.4 Å². The third kappa shape index (κ3) is 2.59. The van der Waals surface area contributed by atoms with E-state index in [0.717, 1.165) is 6.54 Å². The van der Waals surface area contributed by atoms with Gasteiger partial charge < -0.3 is 5.32 Å². The number of aryl methyl sites for hydroxylation is 1. The third-order valence-corrected chi connectivity index (χ3v) is 3.25. The highest BCUT2D eigenvalue weighted by Crippen LogP contribution is 2.29. The summed E-state index contributed by atoms with van der Waals surface area (Å²) < 4.78 is 0. The van der Waals surface area contributed by atoms with Gasteiger partial charge in [-0.1, -0.05) is 31.2 Å². The highest BCUT2D eigenvalue weighted by molar-refractivity contribution is 5.70. The zero-order valence-corrected chi connectivity index (χ0v) is 11.3. The van der Waals surface area contributed by atoms with Crippen LogP contribution in [-0.4, -0.2) is 11.5 Å². The maximum absolute atomic E-state index is 4.17. The molecule has 1 heterocycles. The molecule has 0 amide bonds. The Labute approximate surface area is 109 Å². The van der Waals surface area contributed by atoms with Gasteiger partial charge in [-0.15, -0.1) is 0 Å². The number of benzene rings is 1. The molecule has 18 heavy (non-hydrogen) atoms. The van der Waals surface area contributed by atoms with Crippen LogP contribution in [0.25, 0.3) is 11.1 Å². The lowest BCUT2D eigenvalue weighted by molar-refractivity contribution is 0.599. The van der Waals surface area contributed by atoms with Crippen molar-refractivity contribution in [2.45, 2.75) is 26.8 Å². The Kier molecular flexibility index (Phi) is 4.11. The summed E-state index contributed by atoms with van der Waals surface area (Å²) in [7, 11) is 0. The molecule has 94 valence electrons. The molecule has 0 aliphatic heterocycles. The highest BCUT2D eigenvalue weighted by Gasteiger charge is 2.11. The van der Waals surface area contributed by atoms with E-state index in [1.165, 1.54) is 22.3 Å². The van der Waals surface area contributed by atoms with Crippen LogP contribution in [0.3, 0.4) is 0 Å². The zero-order valence-electron chi connectivity index (χ0n) is 11.3. The monoisotopic (exact) mass is 240 g/mol. The normalized spacial score (nSPS) is 12.4. The molecule has 0 fully saturated rings. The number of pyridine rings is 1. The van der Waals surface area contributed by atoms with Crippen molar-refractivity contribution in [3.63, 3.8) is 0 Å². The molecule has 1 N–H and O–H groups in total. The fraction of sp³-hybridized carbons (Fsp3) is 0.312. The van der Waals surface area contributed by atoms with Gasteiger partial charge in [0.25, 0.3) is 0 Å². The Balaban J connectivity index is 2.48. The maximum atomic E-state index is 4.17. The molecule has 1 aromatic carbocycles. The molecular weight excluding hydrogens is 220 g/mol. The minimum absolute atomic E-state index is 0.360. The van der Waals surface area contributed by atoms with Gasteiger partial charge in [-0.05, 0) is 48.7 Å². The predicted octanol–water partition coefficient (Wildman–Crippen LogP) is 3.73. The first-order chi connectivity index (χ1) is 8.74. The van der Waals surface area contributed by atoms with Gasteiger partial charge in [0.2, 0.25) is 0 Å². The standard InChI is InChI=1S/C16H20N2/c1-4-18-13(3)15-7-5-6-8-16(15)14-9-10-17-11-12(14)2/h5-11,13,18H,4H2,1-3H3. The third-order valence-electron chi connectivity index (χ3n) is 3.25. The lowest BCUT2D eigenvalue weighted by Crippen LogP contribution is -2.18. The molecule has 2 nitrogen and oxygen atoms in total. The van der Waals surface area contributed by atoms with Gasteiger partial charge in [-0.25, -0.2) is 0 Å². The van der Waals surface area contributed by atoms with Crippen molar-refractivity contribution in [1.29, 1.82) is 0 Å². The molecule has 1 atom stereocenters. The molecule has 0 saturated heterocycles. The molecule has 2 heteroatoms. The Morgan fingerprint density at radius 1 is 1.17 bits per heavy atom. The largest absolute Gasteiger partial charge is 0.310 e. The lowest BCUT2D eigenvalue weighted by atomic mass is 9.94. The van der Waals surface area contributed by atoms with E-state index in [-0.39, 0.29) is 0 Å². The van der Waals surface area contributed by atoms with E-state index in [0.29, 0.717) is 6.04 Å². The molecule has 2 rings (SSSR count). The van der Waals surface area contributed by atoms with Crippen molar-refractivity contribution in [2.24, 2.45) is 0 Å². The smallest absolute Gasteiger partial charge is 0.0303 e. The summed E-state index contributed by atoms with van der Waals surface area (Å²) >= 11 is 0. The minimum Gasteiger partial charge on any atom is -0.310 e. The summed E-state index contributed by atoms with van der Waals surface area (Å²) in [5.74, 6) is 0. The van der Waals surface area contributed by atoms with Crippen molar-refractivity contribution in [3.8, 4) is 11.1 Å². The minimum atomic E-state index is 0.360. The molecule has 0 saturated carbocycles. The van der Waals surface area contributed by atoms with Crippen LogP contribution in [0, 0.1) is 6.92 Å². The molecular formula is C16H20N2. The number of hydrogen-bond acceptors (Lipinski definition) is 2. The fourth-order valence-corrected chi connectivity index (χ4v) is 2.31. The van der Waals surface area contributed by atoms with Gasteiger partial charge in [0.05, 0.1) is 0 Å². The van der Waals surface area contributed by atoms with E-state index in [9.17, 15) is 0 Å². The molecule has 1 unspecified atom stereocenters. The maximum Gasteiger partial charge on any atom is 0.0303 e. The van der Waals surface area contributed by atoms with Crippen molar-refractivity contribution in [3.05, 3.63) is 53.9 Å². The van der Waals surface area contributed by atoms with Crippen LogP contribution in [0.5, 0.6) is 0 Å². The van der Waals surface area contributed by atoms with Gasteiger partial charge in [0, 0.05) is 18.4 Å². The first kappa shape index (κ1) is 12.8. The van der Waals surface area contributed by atoms with Gasteiger partial charge in [0.1, 0.15) is 0 Å². The van der Waals surface area contributed by atoms with Gasteiger partial charge in [-0.3, -0.25) is 4.98 Å². The SMILES string of the molecule is CCNC(C)c1ccccc1-c1ccncc1C. The topological polar surface area (TPSA) is 24.9 Å². The van der Waals surface area contributed by atoms with Crippen LogP contribution in [0.2, 0.25) is 0 Å². The van der Waals surface area contributed by atoms with E-state index < -0.39 is 0 Å². The van der Waals surface area contributed by atoms with E-state index in [1.54, 1.807) is 0 Å². The summed E-state index contributed by atoms with van der Waals surface area (Å²) in [6.07, 6.45) is 3.78. The van der Waals surface area contributed by atoms with E-state index in [2.05, 4.69) is 61.4 Å². The van der Waals surface area contributed by atoms with E-state index >= 15 is 0 Å². The number of nitrogens with zero attached hydrogens (tertiary/aromatic N) is 1. The van der Waals surface area contributed by atoms with Crippen molar-refractivity contribution in [2.75, 3.05) is 6.54 Å². The number of rotatable bonds is 4.